The fourth-order valence-corrected chi connectivity index (χ4v) is 8.13. The third-order valence-corrected chi connectivity index (χ3v) is 10.9. The number of alkyl halides is 1. The van der Waals surface area contributed by atoms with E-state index in [1.54, 1.807) is 6.07 Å². The molecular formula is C34H44FN6O11P. The summed E-state index contributed by atoms with van der Waals surface area (Å²) < 4.78 is 67.4. The molecule has 0 amide bonds. The second kappa shape index (κ2) is 15.6. The monoisotopic (exact) mass is 762 g/mol. The number of hydrogen-bond acceptors (Lipinski definition) is 13. The number of carboxylic acids is 2. The number of nitrogens with one attached hydrogen (secondary N) is 1. The summed E-state index contributed by atoms with van der Waals surface area (Å²) in [4.78, 5) is 30.1. The maximum atomic E-state index is 17.4. The fraction of sp³-hybridized carbons (Fsp3) is 0.559. The predicted molar refractivity (Wildman–Crippen MR) is 184 cm³/mol. The molecule has 3 aromatic rings. The van der Waals surface area contributed by atoms with Crippen molar-refractivity contribution in [3.8, 4) is 11.8 Å². The molecule has 2 aliphatic rings. The van der Waals surface area contributed by atoms with Crippen molar-refractivity contribution in [2.45, 2.75) is 89.6 Å². The van der Waals surface area contributed by atoms with E-state index in [9.17, 15) is 29.6 Å². The molecule has 5 N–H and O–H groups in total. The van der Waals surface area contributed by atoms with Crippen molar-refractivity contribution in [2.24, 2.45) is 17.3 Å². The first-order valence-electron chi connectivity index (χ1n) is 17.0. The highest BCUT2D eigenvalue weighted by Gasteiger charge is 2.72. The molecule has 5 rings (SSSR count). The number of nitrogen functional groups attached to an aromatic ring is 1. The molecule has 0 saturated carbocycles. The van der Waals surface area contributed by atoms with Gasteiger partial charge in [-0.2, -0.15) is 15.4 Å². The van der Waals surface area contributed by atoms with Gasteiger partial charge in [0, 0.05) is 7.11 Å². The number of nitrogens with zero attached hydrogens (tertiary/aromatic N) is 4. The summed E-state index contributed by atoms with van der Waals surface area (Å²) >= 11 is 0. The highest BCUT2D eigenvalue weighted by molar-refractivity contribution is 7.52. The molecule has 0 aliphatic carbocycles. The molecule has 2 fully saturated rings. The highest BCUT2D eigenvalue weighted by atomic mass is 31.2. The van der Waals surface area contributed by atoms with E-state index in [0.717, 1.165) is 6.33 Å². The van der Waals surface area contributed by atoms with Crippen LogP contribution in [0.5, 0.6) is 5.75 Å². The molecule has 288 valence electrons. The average Bonchev–Trinajstić information content (AvgIpc) is 3.81. The lowest BCUT2D eigenvalue weighted by Gasteiger charge is -2.38. The van der Waals surface area contributed by atoms with Gasteiger partial charge in [0.05, 0.1) is 11.1 Å². The smallest absolute Gasteiger partial charge is 0.459 e. The SMILES string of the molecule is COC1O[C@@H]2[C@H](O1)[C@@](F)(COP(=O)(N[C@H](C(=O)O)C(CCC(C)C)(CCC(C)C)C(=O)O)Oc1ccccc1)O[C@@]2(C#N)c1ccc2c(N)ncnn12. The lowest BCUT2D eigenvalue weighted by atomic mass is 9.71. The summed E-state index contributed by atoms with van der Waals surface area (Å²) in [5.74, 6) is -6.25. The Bertz CT molecular complexity index is 1860. The standard InChI is InChI=1S/C34H44FN6O11P/c1-20(2)13-15-32(30(44)45,16-14-21(3)4)25(29(42)43)40-53(46,51-22-9-7-6-8-10-22)48-18-34(35)27-26(49-31(47-5)50-27)33(17-36,52-34)24-12-11-23-28(37)38-19-39-41(23)24/h6-12,19-21,25-27,31H,13-16,18H2,1-5H3,(H,40,46)(H,42,43)(H,44,45)(H2,37,38,39)/t25-,26-,27+,31?,33+,34-,53?/m1/s1. The average molecular weight is 763 g/mol. The first-order valence-corrected chi connectivity index (χ1v) is 18.5. The van der Waals surface area contributed by atoms with Gasteiger partial charge in [-0.25, -0.2) is 18.5 Å². The van der Waals surface area contributed by atoms with Gasteiger partial charge in [-0.05, 0) is 61.8 Å². The number of fused-ring (bicyclic) bond motifs is 2. The van der Waals surface area contributed by atoms with Crippen LogP contribution < -0.4 is 15.3 Å². The molecule has 1 aromatic carbocycles. The molecule has 4 heterocycles. The van der Waals surface area contributed by atoms with Crippen LogP contribution in [-0.4, -0.2) is 81.0 Å². The molecule has 2 unspecified atom stereocenters. The summed E-state index contributed by atoms with van der Waals surface area (Å²) in [6.07, 6.45) is -1.71. The quantitative estimate of drug-likeness (QED) is 0.129. The van der Waals surface area contributed by atoms with Gasteiger partial charge in [-0.1, -0.05) is 45.9 Å². The van der Waals surface area contributed by atoms with Crippen molar-refractivity contribution in [1.29, 1.82) is 5.26 Å². The predicted octanol–water partition coefficient (Wildman–Crippen LogP) is 4.63. The molecule has 19 heteroatoms. The van der Waals surface area contributed by atoms with E-state index in [0.29, 0.717) is 12.8 Å². The normalized spacial score (nSPS) is 26.0. The second-order valence-electron chi connectivity index (χ2n) is 13.9. The van der Waals surface area contributed by atoms with E-state index in [4.69, 9.17) is 33.7 Å². The Hall–Kier alpha value is -4.21. The van der Waals surface area contributed by atoms with E-state index >= 15 is 4.39 Å². The number of halogens is 1. The lowest BCUT2D eigenvalue weighted by molar-refractivity contribution is -0.296. The Morgan fingerprint density at radius 3 is 2.32 bits per heavy atom. The Balaban J connectivity index is 1.55. The van der Waals surface area contributed by atoms with Gasteiger partial charge in [0.1, 0.15) is 42.4 Å². The fourth-order valence-electron chi connectivity index (χ4n) is 6.53. The zero-order valence-electron chi connectivity index (χ0n) is 29.9. The molecule has 0 spiro atoms. The van der Waals surface area contributed by atoms with Crippen LogP contribution in [0.1, 0.15) is 59.1 Å². The number of aromatic nitrogens is 3. The molecule has 0 bridgehead atoms. The number of nitriles is 1. The summed E-state index contributed by atoms with van der Waals surface area (Å²) in [6, 6.07) is 10.3. The minimum Gasteiger partial charge on any atom is -0.481 e. The maximum absolute atomic E-state index is 17.4. The third kappa shape index (κ3) is 7.88. The first kappa shape index (κ1) is 40.0. The molecule has 7 atom stereocenters. The molecule has 0 radical (unpaired) electrons. The van der Waals surface area contributed by atoms with E-state index in [2.05, 4.69) is 15.2 Å². The van der Waals surface area contributed by atoms with Crippen LogP contribution >= 0.6 is 7.75 Å². The zero-order chi connectivity index (χ0) is 38.8. The number of hydrogen-bond donors (Lipinski definition) is 4. The van der Waals surface area contributed by atoms with E-state index < -0.39 is 67.9 Å². The van der Waals surface area contributed by atoms with Crippen LogP contribution in [0, 0.1) is 28.6 Å². The minimum atomic E-state index is -5.06. The van der Waals surface area contributed by atoms with Crippen LogP contribution in [0.4, 0.5) is 10.2 Å². The van der Waals surface area contributed by atoms with Crippen molar-refractivity contribution < 1.29 is 56.8 Å². The number of methoxy groups -OCH3 is 1. The van der Waals surface area contributed by atoms with E-state index in [1.165, 1.54) is 48.0 Å². The van der Waals surface area contributed by atoms with Crippen molar-refractivity contribution in [3.63, 3.8) is 0 Å². The van der Waals surface area contributed by atoms with Crippen LogP contribution in [0.15, 0.2) is 48.8 Å². The number of aliphatic carboxylic acids is 2. The molecule has 2 aliphatic heterocycles. The van der Waals surface area contributed by atoms with Crippen LogP contribution in [0.2, 0.25) is 0 Å². The number of ether oxygens (including phenoxy) is 4. The molecule has 53 heavy (non-hydrogen) atoms. The summed E-state index contributed by atoms with van der Waals surface area (Å²) in [5.41, 5.74) is 1.96. The second-order valence-corrected chi connectivity index (χ2v) is 15.6. The Kier molecular flexibility index (Phi) is 11.8. The van der Waals surface area contributed by atoms with E-state index in [1.807, 2.05) is 33.8 Å². The largest absolute Gasteiger partial charge is 0.481 e. The van der Waals surface area contributed by atoms with E-state index in [-0.39, 0.29) is 47.5 Å². The Labute approximate surface area is 305 Å². The number of para-hydroxylation sites is 1. The van der Waals surface area contributed by atoms with Crippen molar-refractivity contribution in [3.05, 3.63) is 54.5 Å². The summed E-state index contributed by atoms with van der Waals surface area (Å²) in [5, 5.41) is 38.4. The van der Waals surface area contributed by atoms with Gasteiger partial charge in [0.2, 0.25) is 5.60 Å². The minimum absolute atomic E-state index is 0.00438. The van der Waals surface area contributed by atoms with Gasteiger partial charge < -0.3 is 39.4 Å². The van der Waals surface area contributed by atoms with Gasteiger partial charge in [0.15, 0.2) is 11.9 Å². The number of benzene rings is 1. The zero-order valence-corrected chi connectivity index (χ0v) is 30.8. The Morgan fingerprint density at radius 1 is 1.11 bits per heavy atom. The van der Waals surface area contributed by atoms with Crippen LogP contribution in [0.25, 0.3) is 5.52 Å². The van der Waals surface area contributed by atoms with Gasteiger partial charge in [-0.3, -0.25) is 14.1 Å². The molecule has 17 nitrogen and oxygen atoms in total. The van der Waals surface area contributed by atoms with Crippen molar-refractivity contribution >= 4 is 31.0 Å². The maximum Gasteiger partial charge on any atom is 0.459 e. The molecular weight excluding hydrogens is 718 g/mol. The van der Waals surface area contributed by atoms with Gasteiger partial charge in [-0.15, -0.1) is 0 Å². The summed E-state index contributed by atoms with van der Waals surface area (Å²) in [6.45, 7) is 4.70. The van der Waals surface area contributed by atoms with Crippen molar-refractivity contribution in [1.82, 2.24) is 19.7 Å². The molecule has 2 saturated heterocycles. The number of rotatable bonds is 18. The number of carboxylic acid groups (broad SMARTS) is 2. The first-order chi connectivity index (χ1) is 25.0. The highest BCUT2D eigenvalue weighted by Crippen LogP contribution is 2.55. The third-order valence-electron chi connectivity index (χ3n) is 9.42. The van der Waals surface area contributed by atoms with Crippen LogP contribution in [-0.2, 0) is 43.2 Å². The van der Waals surface area contributed by atoms with Crippen molar-refractivity contribution in [2.75, 3.05) is 19.5 Å². The number of carbonyl (C=O) groups is 2. The number of anilines is 1. The lowest BCUT2D eigenvalue weighted by Crippen LogP contribution is -2.54. The van der Waals surface area contributed by atoms with Gasteiger partial charge >= 0.3 is 19.7 Å². The van der Waals surface area contributed by atoms with Gasteiger partial charge in [0.25, 0.3) is 12.3 Å². The topological polar surface area (TPSA) is 239 Å². The summed E-state index contributed by atoms with van der Waals surface area (Å²) in [7, 11) is -3.83. The Morgan fingerprint density at radius 2 is 1.75 bits per heavy atom. The number of nitrogens with two attached hydrogens (primary N) is 1. The van der Waals surface area contributed by atoms with Crippen LogP contribution in [0.3, 0.4) is 0 Å². The molecule has 2 aromatic heterocycles.